The highest BCUT2D eigenvalue weighted by Gasteiger charge is 2.22. The standard InChI is InChI=1S/C27H31N7O5S/c1-33(2)12-13-34(3)27(35)18-8-6-9-22(14-18)40(36,37)32-26-25(31-24-23(30-26)10-7-11-28-24)29-19-15-20(38-4)17-21(16-19)39-5/h6-11,14-17H,12-13H2,1-5H3,(H,30,32)(H,28,29,31). The number of benzene rings is 2. The molecule has 1 amide bonds. The van der Waals surface area contributed by atoms with E-state index in [0.717, 1.165) is 0 Å². The summed E-state index contributed by atoms with van der Waals surface area (Å²) < 4.78 is 40.2. The topological polar surface area (TPSA) is 139 Å². The van der Waals surface area contributed by atoms with Gasteiger partial charge in [0.2, 0.25) is 0 Å². The molecule has 0 aliphatic heterocycles. The van der Waals surface area contributed by atoms with Crippen molar-refractivity contribution in [2.45, 2.75) is 4.90 Å². The van der Waals surface area contributed by atoms with E-state index in [4.69, 9.17) is 9.47 Å². The van der Waals surface area contributed by atoms with Crippen molar-refractivity contribution < 1.29 is 22.7 Å². The first-order valence-corrected chi connectivity index (χ1v) is 13.7. The van der Waals surface area contributed by atoms with Gasteiger partial charge in [-0.05, 0) is 44.4 Å². The van der Waals surface area contributed by atoms with Crippen molar-refractivity contribution in [2.24, 2.45) is 0 Å². The summed E-state index contributed by atoms with van der Waals surface area (Å²) >= 11 is 0. The van der Waals surface area contributed by atoms with Crippen molar-refractivity contribution in [3.63, 3.8) is 0 Å². The number of hydrogen-bond acceptors (Lipinski definition) is 10. The largest absolute Gasteiger partial charge is 0.497 e. The Morgan fingerprint density at radius 2 is 1.62 bits per heavy atom. The van der Waals surface area contributed by atoms with Gasteiger partial charge in [-0.3, -0.25) is 9.52 Å². The number of fused-ring (bicyclic) bond motifs is 1. The first kappa shape index (κ1) is 28.5. The fraction of sp³-hybridized carbons (Fsp3) is 0.259. The lowest BCUT2D eigenvalue weighted by Crippen LogP contribution is -2.33. The number of likely N-dealkylation sites (N-methyl/N-ethyl adjacent to an activating group) is 2. The number of hydrogen-bond donors (Lipinski definition) is 2. The number of sulfonamides is 1. The average Bonchev–Trinajstić information content (AvgIpc) is 2.95. The third-order valence-corrected chi connectivity index (χ3v) is 7.24. The summed E-state index contributed by atoms with van der Waals surface area (Å²) in [5.41, 5.74) is 1.48. The van der Waals surface area contributed by atoms with E-state index in [2.05, 4.69) is 25.0 Å². The van der Waals surface area contributed by atoms with Gasteiger partial charge >= 0.3 is 0 Å². The number of pyridine rings is 1. The Hall–Kier alpha value is -4.49. The molecule has 0 aliphatic carbocycles. The molecule has 0 radical (unpaired) electrons. The fourth-order valence-corrected chi connectivity index (χ4v) is 4.78. The van der Waals surface area contributed by atoms with Crippen LogP contribution < -0.4 is 19.5 Å². The van der Waals surface area contributed by atoms with Crippen molar-refractivity contribution in [2.75, 3.05) is 58.5 Å². The molecular weight excluding hydrogens is 534 g/mol. The van der Waals surface area contributed by atoms with Crippen LogP contribution in [-0.4, -0.2) is 87.5 Å². The number of aromatic nitrogens is 3. The second-order valence-corrected chi connectivity index (χ2v) is 10.8. The minimum atomic E-state index is -4.17. The molecule has 0 spiro atoms. The number of carbonyl (C=O) groups is 1. The van der Waals surface area contributed by atoms with Gasteiger partial charge < -0.3 is 24.6 Å². The zero-order valence-electron chi connectivity index (χ0n) is 22.9. The van der Waals surface area contributed by atoms with E-state index in [1.54, 1.807) is 54.5 Å². The Morgan fingerprint density at radius 3 is 2.30 bits per heavy atom. The van der Waals surface area contributed by atoms with Gasteiger partial charge in [0.05, 0.1) is 19.1 Å². The minimum absolute atomic E-state index is 0.0536. The second-order valence-electron chi connectivity index (χ2n) is 9.16. The second kappa shape index (κ2) is 12.1. The van der Waals surface area contributed by atoms with E-state index in [1.807, 2.05) is 19.0 Å². The van der Waals surface area contributed by atoms with Crippen molar-refractivity contribution in [3.05, 3.63) is 66.4 Å². The van der Waals surface area contributed by atoms with Gasteiger partial charge in [-0.1, -0.05) is 6.07 Å². The smallest absolute Gasteiger partial charge is 0.263 e. The van der Waals surface area contributed by atoms with Crippen molar-refractivity contribution >= 4 is 44.4 Å². The Morgan fingerprint density at radius 1 is 0.900 bits per heavy atom. The Bertz CT molecular complexity index is 1610. The maximum absolute atomic E-state index is 13.5. The van der Waals surface area contributed by atoms with Crippen molar-refractivity contribution in [1.29, 1.82) is 0 Å². The molecule has 4 rings (SSSR count). The van der Waals surface area contributed by atoms with Gasteiger partial charge in [-0.15, -0.1) is 0 Å². The van der Waals surface area contributed by atoms with Gasteiger partial charge in [-0.25, -0.2) is 23.4 Å². The molecule has 13 heteroatoms. The minimum Gasteiger partial charge on any atom is -0.497 e. The number of rotatable bonds is 11. The molecule has 0 unspecified atom stereocenters. The summed E-state index contributed by atoms with van der Waals surface area (Å²) in [6, 6.07) is 14.3. The number of anilines is 3. The maximum Gasteiger partial charge on any atom is 0.263 e. The van der Waals surface area contributed by atoms with Crippen LogP contribution in [0.3, 0.4) is 0 Å². The van der Waals surface area contributed by atoms with Crippen LogP contribution in [0.15, 0.2) is 65.7 Å². The van der Waals surface area contributed by atoms with Gasteiger partial charge in [0, 0.05) is 55.8 Å². The predicted molar refractivity (Wildman–Crippen MR) is 153 cm³/mol. The van der Waals surface area contributed by atoms with Crippen molar-refractivity contribution in [1.82, 2.24) is 24.8 Å². The van der Waals surface area contributed by atoms with Crippen LogP contribution >= 0.6 is 0 Å². The van der Waals surface area contributed by atoms with E-state index in [0.29, 0.717) is 41.4 Å². The molecule has 0 fully saturated rings. The lowest BCUT2D eigenvalue weighted by atomic mass is 10.2. The number of amides is 1. The molecule has 0 saturated carbocycles. The van der Waals surface area contributed by atoms with E-state index in [1.165, 1.54) is 32.4 Å². The number of ether oxygens (including phenoxy) is 2. The summed E-state index contributed by atoms with van der Waals surface area (Å²) in [7, 11) is 4.38. The van der Waals surface area contributed by atoms with Crippen LogP contribution in [0.1, 0.15) is 10.4 Å². The molecule has 2 heterocycles. The molecule has 0 atom stereocenters. The van der Waals surface area contributed by atoms with Crippen molar-refractivity contribution in [3.8, 4) is 11.5 Å². The number of methoxy groups -OCH3 is 2. The molecule has 12 nitrogen and oxygen atoms in total. The van der Waals surface area contributed by atoms with E-state index >= 15 is 0 Å². The van der Waals surface area contributed by atoms with Gasteiger partial charge in [0.25, 0.3) is 15.9 Å². The van der Waals surface area contributed by atoms with Crippen LogP contribution in [0.5, 0.6) is 11.5 Å². The molecule has 40 heavy (non-hydrogen) atoms. The molecule has 210 valence electrons. The molecule has 0 aliphatic rings. The SMILES string of the molecule is COc1cc(Nc2nc3ncccc3nc2NS(=O)(=O)c2cccc(C(=O)N(C)CCN(C)C)c2)cc(OC)c1. The van der Waals surface area contributed by atoms with Crippen LogP contribution in [0.2, 0.25) is 0 Å². The summed E-state index contributed by atoms with van der Waals surface area (Å²) in [6.07, 6.45) is 1.57. The highest BCUT2D eigenvalue weighted by molar-refractivity contribution is 7.92. The molecule has 2 aromatic carbocycles. The summed E-state index contributed by atoms with van der Waals surface area (Å²) in [5.74, 6) is 0.813. The zero-order valence-corrected chi connectivity index (χ0v) is 23.7. The number of carbonyl (C=O) groups excluding carboxylic acids is 1. The van der Waals surface area contributed by atoms with E-state index in [9.17, 15) is 13.2 Å². The number of nitrogens with one attached hydrogen (secondary N) is 2. The van der Waals surface area contributed by atoms with Gasteiger partial charge in [0.15, 0.2) is 17.3 Å². The quantitative estimate of drug-likeness (QED) is 0.279. The first-order valence-electron chi connectivity index (χ1n) is 12.3. The van der Waals surface area contributed by atoms with Crippen LogP contribution in [0.25, 0.3) is 11.2 Å². The van der Waals surface area contributed by atoms with E-state index in [-0.39, 0.29) is 28.0 Å². The van der Waals surface area contributed by atoms with E-state index < -0.39 is 10.0 Å². The summed E-state index contributed by atoms with van der Waals surface area (Å²) in [4.78, 5) is 29.6. The third kappa shape index (κ3) is 6.74. The predicted octanol–water partition coefficient (Wildman–Crippen LogP) is 3.22. The lowest BCUT2D eigenvalue weighted by Gasteiger charge is -2.20. The molecule has 2 aromatic heterocycles. The molecule has 0 saturated heterocycles. The van der Waals surface area contributed by atoms with Gasteiger partial charge in [-0.2, -0.15) is 0 Å². The van der Waals surface area contributed by atoms with Crippen LogP contribution in [0, 0.1) is 0 Å². The summed E-state index contributed by atoms with van der Waals surface area (Å²) in [5, 5.41) is 3.09. The zero-order chi connectivity index (χ0) is 28.9. The Kier molecular flexibility index (Phi) is 8.65. The number of nitrogens with zero attached hydrogens (tertiary/aromatic N) is 5. The molecule has 0 bridgehead atoms. The highest BCUT2D eigenvalue weighted by atomic mass is 32.2. The Balaban J connectivity index is 1.69. The normalized spacial score (nSPS) is 11.3. The summed E-state index contributed by atoms with van der Waals surface area (Å²) in [6.45, 7) is 1.16. The highest BCUT2D eigenvalue weighted by Crippen LogP contribution is 2.31. The third-order valence-electron chi connectivity index (χ3n) is 5.91. The maximum atomic E-state index is 13.5. The van der Waals surface area contributed by atoms with Gasteiger partial charge in [0.1, 0.15) is 17.0 Å². The lowest BCUT2D eigenvalue weighted by molar-refractivity contribution is 0.0786. The first-order chi connectivity index (χ1) is 19.1. The monoisotopic (exact) mass is 565 g/mol. The average molecular weight is 566 g/mol. The molecule has 4 aromatic rings. The fourth-order valence-electron chi connectivity index (χ4n) is 3.72. The Labute approximate surface area is 233 Å². The molecular formula is C27H31N7O5S. The van der Waals surface area contributed by atoms with Crippen LogP contribution in [0.4, 0.5) is 17.3 Å². The molecule has 2 N–H and O–H groups in total. The van der Waals surface area contributed by atoms with Crippen LogP contribution in [-0.2, 0) is 10.0 Å².